The van der Waals surface area contributed by atoms with Gasteiger partial charge in [0, 0.05) is 23.3 Å². The van der Waals surface area contributed by atoms with Crippen molar-refractivity contribution in [1.82, 2.24) is 9.88 Å². The van der Waals surface area contributed by atoms with Crippen LogP contribution in [0.3, 0.4) is 0 Å². The lowest BCUT2D eigenvalue weighted by Crippen LogP contribution is -2.47. The fourth-order valence-corrected chi connectivity index (χ4v) is 2.49. The first-order chi connectivity index (χ1) is 8.90. The van der Waals surface area contributed by atoms with Crippen LogP contribution in [0, 0.1) is 12.8 Å². The highest BCUT2D eigenvalue weighted by molar-refractivity contribution is 9.10. The lowest BCUT2D eigenvalue weighted by molar-refractivity contribution is 0.0247. The molecule has 1 saturated heterocycles. The van der Waals surface area contributed by atoms with Gasteiger partial charge in [0.2, 0.25) is 0 Å². The van der Waals surface area contributed by atoms with Crippen LogP contribution in [-0.4, -0.2) is 40.1 Å². The Balaban J connectivity index is 2.25. The van der Waals surface area contributed by atoms with Gasteiger partial charge in [-0.1, -0.05) is 6.92 Å². The van der Waals surface area contributed by atoms with Gasteiger partial charge in [-0.15, -0.1) is 0 Å². The van der Waals surface area contributed by atoms with Crippen molar-refractivity contribution < 1.29 is 9.90 Å². The number of halogens is 1. The summed E-state index contributed by atoms with van der Waals surface area (Å²) in [5.41, 5.74) is 0.409. The molecule has 1 aliphatic rings. The molecular weight excluding hydrogens is 312 g/mol. The van der Waals surface area contributed by atoms with Crippen LogP contribution in [0.25, 0.3) is 0 Å². The number of nitrogens with zero attached hydrogens (tertiary/aromatic N) is 1. The maximum atomic E-state index is 12.3. The zero-order valence-electron chi connectivity index (χ0n) is 10.9. The molecule has 2 heterocycles. The minimum absolute atomic E-state index is 0.110. The molecule has 2 N–H and O–H groups in total. The van der Waals surface area contributed by atoms with Crippen molar-refractivity contribution in [2.45, 2.75) is 26.4 Å². The number of aromatic nitrogens is 1. The third-order valence-corrected chi connectivity index (χ3v) is 4.43. The Kier molecular flexibility index (Phi) is 4.10. The number of amides is 1. The van der Waals surface area contributed by atoms with Gasteiger partial charge in [-0.05, 0) is 41.3 Å². The van der Waals surface area contributed by atoms with E-state index in [4.69, 9.17) is 0 Å². The number of H-pyrrole nitrogens is 1. The standard InChI is InChI=1S/C13H17BrN2O3/c1-7-3-4-16(6-11(7)17)13(19)9-5-10(14)8(2)15-12(9)18/h5,7,11,17H,3-4,6H2,1-2H3,(H,15,18). The molecule has 6 heteroatoms. The molecule has 0 aliphatic carbocycles. The van der Waals surface area contributed by atoms with E-state index >= 15 is 0 Å². The average Bonchev–Trinajstić information content (AvgIpc) is 2.36. The van der Waals surface area contributed by atoms with Crippen LogP contribution in [0.1, 0.15) is 29.4 Å². The summed E-state index contributed by atoms with van der Waals surface area (Å²) >= 11 is 3.30. The van der Waals surface area contributed by atoms with E-state index in [9.17, 15) is 14.7 Å². The molecule has 0 saturated carbocycles. The molecule has 2 unspecified atom stereocenters. The highest BCUT2D eigenvalue weighted by Crippen LogP contribution is 2.19. The van der Waals surface area contributed by atoms with Gasteiger partial charge < -0.3 is 15.0 Å². The Morgan fingerprint density at radius 3 is 2.89 bits per heavy atom. The Morgan fingerprint density at radius 2 is 2.26 bits per heavy atom. The number of hydrogen-bond acceptors (Lipinski definition) is 3. The summed E-state index contributed by atoms with van der Waals surface area (Å²) in [4.78, 5) is 28.3. The van der Waals surface area contributed by atoms with E-state index in [1.54, 1.807) is 13.0 Å². The maximum absolute atomic E-state index is 12.3. The first kappa shape index (κ1) is 14.3. The summed E-state index contributed by atoms with van der Waals surface area (Å²) in [5, 5.41) is 9.82. The second-order valence-electron chi connectivity index (χ2n) is 5.07. The minimum Gasteiger partial charge on any atom is -0.391 e. The van der Waals surface area contributed by atoms with Crippen LogP contribution in [0.4, 0.5) is 0 Å². The number of aliphatic hydroxyl groups is 1. The lowest BCUT2D eigenvalue weighted by Gasteiger charge is -2.34. The van der Waals surface area contributed by atoms with E-state index in [2.05, 4.69) is 20.9 Å². The van der Waals surface area contributed by atoms with E-state index in [-0.39, 0.29) is 29.5 Å². The van der Waals surface area contributed by atoms with Gasteiger partial charge in [-0.25, -0.2) is 0 Å². The highest BCUT2D eigenvalue weighted by atomic mass is 79.9. The van der Waals surface area contributed by atoms with Gasteiger partial charge in [0.1, 0.15) is 5.56 Å². The van der Waals surface area contributed by atoms with Crippen molar-refractivity contribution in [3.8, 4) is 0 Å². The van der Waals surface area contributed by atoms with Crippen LogP contribution in [0.5, 0.6) is 0 Å². The van der Waals surface area contributed by atoms with Crippen molar-refractivity contribution in [1.29, 1.82) is 0 Å². The van der Waals surface area contributed by atoms with E-state index < -0.39 is 6.10 Å². The topological polar surface area (TPSA) is 73.4 Å². The van der Waals surface area contributed by atoms with E-state index in [1.165, 1.54) is 4.90 Å². The molecular formula is C13H17BrN2O3. The summed E-state index contributed by atoms with van der Waals surface area (Å²) in [6.45, 7) is 4.57. The Labute approximate surface area is 119 Å². The quantitative estimate of drug-likeness (QED) is 0.815. The SMILES string of the molecule is Cc1[nH]c(=O)c(C(=O)N2CCC(C)C(O)C2)cc1Br. The largest absolute Gasteiger partial charge is 0.391 e. The normalized spacial score (nSPS) is 23.5. The van der Waals surface area contributed by atoms with Crippen LogP contribution in [-0.2, 0) is 0 Å². The third kappa shape index (κ3) is 2.90. The summed E-state index contributed by atoms with van der Waals surface area (Å²) in [7, 11) is 0. The van der Waals surface area contributed by atoms with Crippen LogP contribution in [0.2, 0.25) is 0 Å². The molecule has 1 aliphatic heterocycles. The van der Waals surface area contributed by atoms with Gasteiger partial charge in [0.15, 0.2) is 0 Å². The second-order valence-corrected chi connectivity index (χ2v) is 5.92. The Hall–Kier alpha value is -1.14. The van der Waals surface area contributed by atoms with Gasteiger partial charge in [0.25, 0.3) is 11.5 Å². The summed E-state index contributed by atoms with van der Waals surface area (Å²) < 4.78 is 0.696. The first-order valence-corrected chi connectivity index (χ1v) is 7.06. The number of nitrogens with one attached hydrogen (secondary N) is 1. The molecule has 5 nitrogen and oxygen atoms in total. The van der Waals surface area contributed by atoms with Crippen molar-refractivity contribution in [2.24, 2.45) is 5.92 Å². The number of aliphatic hydroxyl groups excluding tert-OH is 1. The predicted octanol–water partition coefficient (Wildman–Crippen LogP) is 1.29. The van der Waals surface area contributed by atoms with Gasteiger partial charge in [-0.2, -0.15) is 0 Å². The van der Waals surface area contributed by atoms with Gasteiger partial charge in [-0.3, -0.25) is 9.59 Å². The van der Waals surface area contributed by atoms with Gasteiger partial charge >= 0.3 is 0 Å². The maximum Gasteiger partial charge on any atom is 0.261 e. The first-order valence-electron chi connectivity index (χ1n) is 6.27. The number of pyridine rings is 1. The second kappa shape index (κ2) is 5.46. The number of likely N-dealkylation sites (tertiary alicyclic amines) is 1. The highest BCUT2D eigenvalue weighted by Gasteiger charge is 2.29. The van der Waals surface area contributed by atoms with Crippen molar-refractivity contribution >= 4 is 21.8 Å². The fourth-order valence-electron chi connectivity index (χ4n) is 2.16. The molecule has 0 radical (unpaired) electrons. The number of aryl methyl sites for hydroxylation is 1. The smallest absolute Gasteiger partial charge is 0.261 e. The molecule has 0 spiro atoms. The molecule has 1 amide bonds. The number of hydrogen-bond donors (Lipinski definition) is 2. The molecule has 19 heavy (non-hydrogen) atoms. The molecule has 1 fully saturated rings. The summed E-state index contributed by atoms with van der Waals surface area (Å²) in [6.07, 6.45) is 0.225. The minimum atomic E-state index is -0.523. The molecule has 104 valence electrons. The number of β-amino-alcohol motifs (C(OH)–C–C–N with tert-alkyl or cyclic N) is 1. The van der Waals surface area contributed by atoms with Crippen LogP contribution < -0.4 is 5.56 Å². The molecule has 2 atom stereocenters. The zero-order chi connectivity index (χ0) is 14.2. The Morgan fingerprint density at radius 1 is 1.58 bits per heavy atom. The van der Waals surface area contributed by atoms with E-state index in [0.29, 0.717) is 16.7 Å². The molecule has 2 rings (SSSR count). The molecule has 1 aromatic rings. The zero-order valence-corrected chi connectivity index (χ0v) is 12.5. The molecule has 0 aromatic carbocycles. The average molecular weight is 329 g/mol. The monoisotopic (exact) mass is 328 g/mol. The predicted molar refractivity (Wildman–Crippen MR) is 75.2 cm³/mol. The number of carbonyl (C=O) groups is 1. The summed E-state index contributed by atoms with van der Waals surface area (Å²) in [5.74, 6) is -0.139. The van der Waals surface area contributed by atoms with E-state index in [1.807, 2.05) is 6.92 Å². The van der Waals surface area contributed by atoms with Crippen molar-refractivity contribution in [2.75, 3.05) is 13.1 Å². The third-order valence-electron chi connectivity index (χ3n) is 3.61. The molecule has 1 aromatic heterocycles. The Bertz CT molecular complexity index is 555. The number of aromatic amines is 1. The van der Waals surface area contributed by atoms with E-state index in [0.717, 1.165) is 6.42 Å². The number of rotatable bonds is 1. The van der Waals surface area contributed by atoms with Gasteiger partial charge in [0.05, 0.1) is 6.10 Å². The van der Waals surface area contributed by atoms with Crippen LogP contribution >= 0.6 is 15.9 Å². The number of piperidine rings is 1. The van der Waals surface area contributed by atoms with Crippen molar-refractivity contribution in [3.63, 3.8) is 0 Å². The lowest BCUT2D eigenvalue weighted by atomic mass is 9.95. The van der Waals surface area contributed by atoms with Crippen LogP contribution in [0.15, 0.2) is 15.3 Å². The fraction of sp³-hybridized carbons (Fsp3) is 0.538. The van der Waals surface area contributed by atoms with Crippen molar-refractivity contribution in [3.05, 3.63) is 32.2 Å². The number of carbonyl (C=O) groups excluding carboxylic acids is 1. The summed E-state index contributed by atoms with van der Waals surface area (Å²) in [6, 6.07) is 1.54. The molecule has 0 bridgehead atoms.